The van der Waals surface area contributed by atoms with Gasteiger partial charge < -0.3 is 9.47 Å². The summed E-state index contributed by atoms with van der Waals surface area (Å²) in [6.45, 7) is 3.29. The Bertz CT molecular complexity index is 1060. The molecule has 0 bridgehead atoms. The number of pyridine rings is 1. The number of hydrogen-bond donors (Lipinski definition) is 0. The fraction of sp³-hybridized carbons (Fsp3) is 0.571. The van der Waals surface area contributed by atoms with Gasteiger partial charge >= 0.3 is 6.18 Å². The summed E-state index contributed by atoms with van der Waals surface area (Å²) >= 11 is 0. The van der Waals surface area contributed by atoms with E-state index in [-0.39, 0.29) is 17.6 Å². The molecule has 1 aliphatic heterocycles. The molecule has 196 valence electrons. The van der Waals surface area contributed by atoms with Crippen LogP contribution >= 0.6 is 0 Å². The summed E-state index contributed by atoms with van der Waals surface area (Å²) in [6.07, 6.45) is 3.89. The molecule has 1 aromatic carbocycles. The first-order valence-corrected chi connectivity index (χ1v) is 12.8. The van der Waals surface area contributed by atoms with Crippen molar-refractivity contribution in [2.24, 2.45) is 0 Å². The van der Waals surface area contributed by atoms with Gasteiger partial charge in [0.1, 0.15) is 5.75 Å². The second-order valence-corrected chi connectivity index (χ2v) is 9.82. The molecule has 0 spiro atoms. The molecule has 0 saturated carbocycles. The number of fused-ring (bicyclic) bond motifs is 1. The monoisotopic (exact) mass is 504 g/mol. The molecule has 2 heterocycles. The van der Waals surface area contributed by atoms with E-state index in [4.69, 9.17) is 14.5 Å². The Balaban J connectivity index is 1.27. The standard InChI is InChI=1S/C28H35F3N2O3/c1-19(34)27(24-13-11-21(28(29,30)31)17-26(24)35-2)33-15-14-23(18-33)36-16-6-5-8-22-12-10-20-7-3-4-9-25(20)32-22/h10-13,17,23,27H,3-9,14-16,18H2,1-2H3/t23-,27-/m1/s1. The molecule has 5 nitrogen and oxygen atoms in total. The highest BCUT2D eigenvalue weighted by Crippen LogP contribution is 2.38. The van der Waals surface area contributed by atoms with Crippen LogP contribution in [0, 0.1) is 0 Å². The van der Waals surface area contributed by atoms with Gasteiger partial charge in [0.25, 0.3) is 0 Å². The summed E-state index contributed by atoms with van der Waals surface area (Å²) in [4.78, 5) is 19.4. The van der Waals surface area contributed by atoms with E-state index in [9.17, 15) is 18.0 Å². The third kappa shape index (κ3) is 6.45. The minimum absolute atomic E-state index is 0.00540. The molecule has 1 saturated heterocycles. The predicted molar refractivity (Wildman–Crippen MR) is 131 cm³/mol. The van der Waals surface area contributed by atoms with Crippen LogP contribution in [0.4, 0.5) is 13.2 Å². The zero-order chi connectivity index (χ0) is 25.7. The summed E-state index contributed by atoms with van der Waals surface area (Å²) in [5.74, 6) is -0.0589. The molecule has 36 heavy (non-hydrogen) atoms. The van der Waals surface area contributed by atoms with E-state index >= 15 is 0 Å². The van der Waals surface area contributed by atoms with Gasteiger partial charge in [-0.2, -0.15) is 13.2 Å². The highest BCUT2D eigenvalue weighted by Gasteiger charge is 2.36. The molecule has 0 radical (unpaired) electrons. The van der Waals surface area contributed by atoms with Crippen LogP contribution in [0.5, 0.6) is 5.75 Å². The number of rotatable bonds is 10. The van der Waals surface area contributed by atoms with Crippen LogP contribution in [-0.2, 0) is 35.0 Å². The van der Waals surface area contributed by atoms with Crippen molar-refractivity contribution in [3.63, 3.8) is 0 Å². The first-order valence-electron chi connectivity index (χ1n) is 12.8. The molecule has 1 fully saturated rings. The molecule has 8 heteroatoms. The van der Waals surface area contributed by atoms with E-state index in [2.05, 4.69) is 12.1 Å². The maximum Gasteiger partial charge on any atom is 0.416 e. The second kappa shape index (κ2) is 11.7. The minimum atomic E-state index is -4.47. The largest absolute Gasteiger partial charge is 0.496 e. The Morgan fingerprint density at radius 2 is 1.97 bits per heavy atom. The second-order valence-electron chi connectivity index (χ2n) is 9.82. The molecule has 2 aliphatic rings. The van der Waals surface area contributed by atoms with Crippen LogP contribution in [0.3, 0.4) is 0 Å². The number of halogens is 3. The van der Waals surface area contributed by atoms with Gasteiger partial charge in [-0.3, -0.25) is 14.7 Å². The lowest BCUT2D eigenvalue weighted by Gasteiger charge is -2.27. The Morgan fingerprint density at radius 1 is 1.17 bits per heavy atom. The first-order chi connectivity index (χ1) is 17.3. The number of benzene rings is 1. The Morgan fingerprint density at radius 3 is 2.72 bits per heavy atom. The van der Waals surface area contributed by atoms with E-state index in [0.717, 1.165) is 56.4 Å². The van der Waals surface area contributed by atoms with E-state index in [1.54, 1.807) is 0 Å². The molecule has 0 unspecified atom stereocenters. The average molecular weight is 505 g/mol. The lowest BCUT2D eigenvalue weighted by molar-refractivity contribution is -0.137. The van der Waals surface area contributed by atoms with Gasteiger partial charge in [-0.05, 0) is 82.1 Å². The zero-order valence-electron chi connectivity index (χ0n) is 21.1. The van der Waals surface area contributed by atoms with Gasteiger partial charge in [-0.1, -0.05) is 12.1 Å². The van der Waals surface area contributed by atoms with Crippen molar-refractivity contribution >= 4 is 5.78 Å². The Kier molecular flexibility index (Phi) is 8.67. The summed E-state index contributed by atoms with van der Waals surface area (Å²) in [5, 5.41) is 0. The highest BCUT2D eigenvalue weighted by molar-refractivity contribution is 5.84. The third-order valence-corrected chi connectivity index (χ3v) is 7.20. The van der Waals surface area contributed by atoms with Gasteiger partial charge in [0.15, 0.2) is 5.78 Å². The molecular formula is C28H35F3N2O3. The number of methoxy groups -OCH3 is 1. The average Bonchev–Trinajstić information content (AvgIpc) is 3.31. The first kappa shape index (κ1) is 26.6. The van der Waals surface area contributed by atoms with Crippen molar-refractivity contribution in [1.82, 2.24) is 9.88 Å². The van der Waals surface area contributed by atoms with Crippen molar-refractivity contribution in [3.05, 3.63) is 58.4 Å². The smallest absolute Gasteiger partial charge is 0.416 e. The van der Waals surface area contributed by atoms with Crippen molar-refractivity contribution in [1.29, 1.82) is 0 Å². The Labute approximate surface area is 211 Å². The maximum absolute atomic E-state index is 13.1. The molecular weight excluding hydrogens is 469 g/mol. The van der Waals surface area contributed by atoms with Crippen molar-refractivity contribution < 1.29 is 27.4 Å². The summed E-state index contributed by atoms with van der Waals surface area (Å²) < 4.78 is 50.7. The minimum Gasteiger partial charge on any atom is -0.496 e. The van der Waals surface area contributed by atoms with Crippen molar-refractivity contribution in [2.75, 3.05) is 26.8 Å². The fourth-order valence-electron chi connectivity index (χ4n) is 5.34. The molecule has 2 atom stereocenters. The van der Waals surface area contributed by atoms with Crippen LogP contribution in [0.1, 0.15) is 73.1 Å². The van der Waals surface area contributed by atoms with Crippen LogP contribution in [0.25, 0.3) is 0 Å². The number of unbranched alkanes of at least 4 members (excludes halogenated alkanes) is 1. The van der Waals surface area contributed by atoms with E-state index in [0.29, 0.717) is 25.3 Å². The summed E-state index contributed by atoms with van der Waals surface area (Å²) in [7, 11) is 1.33. The quantitative estimate of drug-likeness (QED) is 0.387. The molecule has 0 N–H and O–H groups in total. The number of ketones is 1. The van der Waals surface area contributed by atoms with Crippen LogP contribution in [0.15, 0.2) is 30.3 Å². The number of aromatic nitrogens is 1. The number of alkyl halides is 3. The van der Waals surface area contributed by atoms with Gasteiger partial charge in [0.05, 0.1) is 24.8 Å². The molecule has 1 aromatic heterocycles. The van der Waals surface area contributed by atoms with Gasteiger partial charge in [0.2, 0.25) is 0 Å². The van der Waals surface area contributed by atoms with E-state index in [1.807, 2.05) is 4.90 Å². The normalized spacial score (nSPS) is 19.2. The molecule has 0 amide bonds. The number of Topliss-reactive ketones (excluding diaryl/α,β-unsaturated/α-hetero) is 1. The number of nitrogens with zero attached hydrogens (tertiary/aromatic N) is 2. The SMILES string of the molecule is COc1cc(C(F)(F)F)ccc1[C@@H](C(C)=O)N1CC[C@@H](OCCCCc2ccc3c(n2)CCCC3)C1. The van der Waals surface area contributed by atoms with Crippen LogP contribution < -0.4 is 4.74 Å². The van der Waals surface area contributed by atoms with Gasteiger partial charge in [-0.25, -0.2) is 0 Å². The maximum atomic E-state index is 13.1. The lowest BCUT2D eigenvalue weighted by atomic mass is 9.95. The number of aryl methyl sites for hydroxylation is 3. The summed E-state index contributed by atoms with van der Waals surface area (Å²) in [6, 6.07) is 7.05. The van der Waals surface area contributed by atoms with Crippen LogP contribution in [0.2, 0.25) is 0 Å². The van der Waals surface area contributed by atoms with E-state index < -0.39 is 17.8 Å². The van der Waals surface area contributed by atoms with Gasteiger partial charge in [-0.15, -0.1) is 0 Å². The number of hydrogen-bond acceptors (Lipinski definition) is 5. The number of ether oxygens (including phenoxy) is 2. The zero-order valence-corrected chi connectivity index (χ0v) is 21.1. The molecule has 4 rings (SSSR count). The van der Waals surface area contributed by atoms with Crippen molar-refractivity contribution in [3.8, 4) is 5.75 Å². The van der Waals surface area contributed by atoms with Crippen molar-refractivity contribution in [2.45, 2.75) is 76.6 Å². The predicted octanol–water partition coefficient (Wildman–Crippen LogP) is 5.73. The fourth-order valence-corrected chi connectivity index (χ4v) is 5.34. The van der Waals surface area contributed by atoms with E-state index in [1.165, 1.54) is 44.2 Å². The third-order valence-electron chi connectivity index (χ3n) is 7.20. The molecule has 2 aromatic rings. The van der Waals surface area contributed by atoms with Crippen LogP contribution in [-0.4, -0.2) is 48.6 Å². The number of carbonyl (C=O) groups is 1. The lowest BCUT2D eigenvalue weighted by Crippen LogP contribution is -2.33. The topological polar surface area (TPSA) is 51.7 Å². The number of carbonyl (C=O) groups excluding carboxylic acids is 1. The number of likely N-dealkylation sites (tertiary alicyclic amines) is 1. The highest BCUT2D eigenvalue weighted by atomic mass is 19.4. The van der Waals surface area contributed by atoms with Gasteiger partial charge in [0, 0.05) is 36.6 Å². The Hall–Kier alpha value is -2.45. The summed E-state index contributed by atoms with van der Waals surface area (Å²) in [5.41, 5.74) is 3.48. The molecule has 1 aliphatic carbocycles.